The van der Waals surface area contributed by atoms with E-state index in [1.165, 1.54) is 5.56 Å². The number of rotatable bonds is 6. The van der Waals surface area contributed by atoms with Crippen LogP contribution < -0.4 is 0 Å². The number of carbonyl (C=O) groups excluding carboxylic acids is 1. The lowest BCUT2D eigenvalue weighted by Gasteiger charge is -2.33. The summed E-state index contributed by atoms with van der Waals surface area (Å²) in [6, 6.07) is 10.3. The molecule has 0 saturated heterocycles. The molecular formula is C17H25NOS. The molecule has 20 heavy (non-hydrogen) atoms. The third kappa shape index (κ3) is 4.41. The van der Waals surface area contributed by atoms with E-state index in [0.29, 0.717) is 12.3 Å². The largest absolute Gasteiger partial charge is 0.372 e. The summed E-state index contributed by atoms with van der Waals surface area (Å²) in [5.74, 6) is 0.968. The van der Waals surface area contributed by atoms with Crippen LogP contribution in [0.1, 0.15) is 38.7 Å². The summed E-state index contributed by atoms with van der Waals surface area (Å²) >= 11 is 5.62. The van der Waals surface area contributed by atoms with Crippen molar-refractivity contribution in [2.24, 2.45) is 11.8 Å². The van der Waals surface area contributed by atoms with Gasteiger partial charge in [0.25, 0.3) is 0 Å². The minimum absolute atomic E-state index is 0.156. The van der Waals surface area contributed by atoms with Crippen LogP contribution in [0.3, 0.4) is 0 Å². The van der Waals surface area contributed by atoms with Crippen molar-refractivity contribution < 1.29 is 4.79 Å². The average Bonchev–Trinajstić information content (AvgIpc) is 2.37. The number of hydrogen-bond acceptors (Lipinski definition) is 2. The van der Waals surface area contributed by atoms with Crippen LogP contribution in [0, 0.1) is 11.8 Å². The maximum atomic E-state index is 11.7. The van der Waals surface area contributed by atoms with Crippen LogP contribution in [0.15, 0.2) is 30.3 Å². The van der Waals surface area contributed by atoms with Crippen LogP contribution in [0.5, 0.6) is 0 Å². The van der Waals surface area contributed by atoms with Gasteiger partial charge in [-0.15, -0.1) is 0 Å². The van der Waals surface area contributed by atoms with E-state index in [2.05, 4.69) is 26.0 Å². The molecule has 0 bridgehead atoms. The molecule has 0 aliphatic carbocycles. The van der Waals surface area contributed by atoms with Gasteiger partial charge >= 0.3 is 0 Å². The highest BCUT2D eigenvalue weighted by atomic mass is 32.1. The second-order valence-corrected chi connectivity index (χ2v) is 6.34. The molecule has 110 valence electrons. The fourth-order valence-corrected chi connectivity index (χ4v) is 3.12. The van der Waals surface area contributed by atoms with E-state index in [1.54, 1.807) is 6.92 Å². The van der Waals surface area contributed by atoms with Crippen LogP contribution in [0.25, 0.3) is 0 Å². The molecule has 1 rings (SSSR count). The molecule has 0 N–H and O–H groups in total. The number of thiocarbonyl (C=S) groups is 1. The van der Waals surface area contributed by atoms with Gasteiger partial charge in [0.15, 0.2) is 0 Å². The highest BCUT2D eigenvalue weighted by Gasteiger charge is 2.31. The third-order valence-electron chi connectivity index (χ3n) is 3.61. The topological polar surface area (TPSA) is 20.3 Å². The van der Waals surface area contributed by atoms with E-state index in [0.717, 1.165) is 4.99 Å². The number of Topliss-reactive ketones (excluding diaryl/α,β-unsaturated/α-hetero) is 1. The molecule has 0 fully saturated rings. The highest BCUT2D eigenvalue weighted by Crippen LogP contribution is 2.35. The van der Waals surface area contributed by atoms with Crippen molar-refractivity contribution in [2.75, 3.05) is 14.1 Å². The average molecular weight is 291 g/mol. The molecule has 2 atom stereocenters. The molecule has 0 amide bonds. The molecule has 1 aromatic rings. The van der Waals surface area contributed by atoms with Crippen molar-refractivity contribution in [1.82, 2.24) is 4.90 Å². The lowest BCUT2D eigenvalue weighted by atomic mass is 9.76. The van der Waals surface area contributed by atoms with Gasteiger partial charge in [-0.2, -0.15) is 0 Å². The molecule has 0 heterocycles. The summed E-state index contributed by atoms with van der Waals surface area (Å²) in [7, 11) is 3.96. The van der Waals surface area contributed by atoms with Crippen molar-refractivity contribution >= 4 is 23.0 Å². The fourth-order valence-electron chi connectivity index (χ4n) is 2.68. The van der Waals surface area contributed by atoms with Gasteiger partial charge in [0.1, 0.15) is 5.78 Å². The summed E-state index contributed by atoms with van der Waals surface area (Å²) in [5, 5.41) is 0. The summed E-state index contributed by atoms with van der Waals surface area (Å²) in [6.07, 6.45) is 0.542. The molecule has 0 aliphatic heterocycles. The normalized spacial score (nSPS) is 13.9. The minimum Gasteiger partial charge on any atom is -0.372 e. The first-order valence-electron chi connectivity index (χ1n) is 7.10. The van der Waals surface area contributed by atoms with Crippen LogP contribution in [-0.2, 0) is 4.79 Å². The first-order chi connectivity index (χ1) is 9.34. The predicted molar refractivity (Wildman–Crippen MR) is 89.1 cm³/mol. The SMILES string of the molecule is CC(=O)CC(c1ccccc1)C(C(=S)N(C)C)C(C)C. The molecule has 0 spiro atoms. The standard InChI is InChI=1S/C17H25NOS/c1-12(2)16(17(20)18(4)5)15(11-13(3)19)14-9-7-6-8-10-14/h6-10,12,15-16H,11H2,1-5H3. The van der Waals surface area contributed by atoms with Crippen molar-refractivity contribution in [3.63, 3.8) is 0 Å². The molecule has 0 aliphatic rings. The molecule has 2 nitrogen and oxygen atoms in total. The lowest BCUT2D eigenvalue weighted by molar-refractivity contribution is -0.117. The van der Waals surface area contributed by atoms with E-state index < -0.39 is 0 Å². The molecule has 0 aromatic heterocycles. The molecule has 3 heteroatoms. The van der Waals surface area contributed by atoms with Crippen LogP contribution in [0.2, 0.25) is 0 Å². The highest BCUT2D eigenvalue weighted by molar-refractivity contribution is 7.80. The third-order valence-corrected chi connectivity index (χ3v) is 4.25. The van der Waals surface area contributed by atoms with Gasteiger partial charge < -0.3 is 9.69 Å². The smallest absolute Gasteiger partial charge is 0.130 e. The van der Waals surface area contributed by atoms with Gasteiger partial charge in [-0.25, -0.2) is 0 Å². The molecular weight excluding hydrogens is 266 g/mol. The maximum Gasteiger partial charge on any atom is 0.130 e. The number of hydrogen-bond donors (Lipinski definition) is 0. The van der Waals surface area contributed by atoms with Crippen molar-refractivity contribution in [1.29, 1.82) is 0 Å². The van der Waals surface area contributed by atoms with Crippen LogP contribution in [0.4, 0.5) is 0 Å². The zero-order valence-corrected chi connectivity index (χ0v) is 13.9. The van der Waals surface area contributed by atoms with Crippen molar-refractivity contribution in [3.8, 4) is 0 Å². The quantitative estimate of drug-likeness (QED) is 0.741. The van der Waals surface area contributed by atoms with E-state index >= 15 is 0 Å². The Morgan fingerprint density at radius 3 is 2.15 bits per heavy atom. The van der Waals surface area contributed by atoms with Crippen molar-refractivity contribution in [3.05, 3.63) is 35.9 Å². The second kappa shape index (κ2) is 7.53. The Labute approximate surface area is 128 Å². The van der Waals surface area contributed by atoms with Gasteiger partial charge in [-0.3, -0.25) is 0 Å². The lowest BCUT2D eigenvalue weighted by Crippen LogP contribution is -2.35. The Bertz CT molecular complexity index is 453. The summed E-state index contributed by atoms with van der Waals surface area (Å²) in [4.78, 5) is 14.6. The number of ketones is 1. The summed E-state index contributed by atoms with van der Waals surface area (Å²) < 4.78 is 0. The summed E-state index contributed by atoms with van der Waals surface area (Å²) in [5.41, 5.74) is 1.20. The van der Waals surface area contributed by atoms with E-state index in [-0.39, 0.29) is 17.6 Å². The predicted octanol–water partition coefficient (Wildman–Crippen LogP) is 3.91. The molecule has 2 unspecified atom stereocenters. The van der Waals surface area contributed by atoms with Gasteiger partial charge in [0.2, 0.25) is 0 Å². The Morgan fingerprint density at radius 2 is 1.75 bits per heavy atom. The van der Waals surface area contributed by atoms with Gasteiger partial charge in [-0.05, 0) is 18.4 Å². The van der Waals surface area contributed by atoms with Crippen LogP contribution in [-0.4, -0.2) is 29.8 Å². The van der Waals surface area contributed by atoms with Crippen LogP contribution >= 0.6 is 12.2 Å². The Hall–Kier alpha value is -1.22. The van der Waals surface area contributed by atoms with E-state index in [4.69, 9.17) is 12.2 Å². The molecule has 0 radical (unpaired) electrons. The molecule has 1 aromatic carbocycles. The maximum absolute atomic E-state index is 11.7. The van der Waals surface area contributed by atoms with Gasteiger partial charge in [0.05, 0.1) is 4.99 Å². The Balaban J connectivity index is 3.18. The fraction of sp³-hybridized carbons (Fsp3) is 0.529. The van der Waals surface area contributed by atoms with Gasteiger partial charge in [-0.1, -0.05) is 56.4 Å². The zero-order valence-electron chi connectivity index (χ0n) is 13.1. The monoisotopic (exact) mass is 291 g/mol. The Morgan fingerprint density at radius 1 is 1.20 bits per heavy atom. The van der Waals surface area contributed by atoms with Crippen molar-refractivity contribution in [2.45, 2.75) is 33.1 Å². The Kier molecular flexibility index (Phi) is 6.34. The van der Waals surface area contributed by atoms with E-state index in [1.807, 2.05) is 37.2 Å². The number of benzene rings is 1. The number of carbonyl (C=O) groups is 1. The molecule has 0 saturated carbocycles. The minimum atomic E-state index is 0.156. The zero-order chi connectivity index (χ0) is 15.3. The van der Waals surface area contributed by atoms with Gasteiger partial charge in [0, 0.05) is 32.4 Å². The van der Waals surface area contributed by atoms with E-state index in [9.17, 15) is 4.79 Å². The number of nitrogens with zero attached hydrogens (tertiary/aromatic N) is 1. The summed E-state index contributed by atoms with van der Waals surface area (Å²) in [6.45, 7) is 6.01. The second-order valence-electron chi connectivity index (χ2n) is 5.93. The first kappa shape index (κ1) is 16.8. The first-order valence-corrected chi connectivity index (χ1v) is 7.51.